The molecule has 0 aliphatic carbocycles. The van der Waals surface area contributed by atoms with Crippen LogP contribution in [0, 0.1) is 0 Å². The summed E-state index contributed by atoms with van der Waals surface area (Å²) in [5.41, 5.74) is 2.80. The molecule has 0 saturated heterocycles. The first-order valence-electron chi connectivity index (χ1n) is 10.0. The second kappa shape index (κ2) is 10.6. The lowest BCUT2D eigenvalue weighted by atomic mass is 10.2. The summed E-state index contributed by atoms with van der Waals surface area (Å²) in [6.45, 7) is 0.714. The van der Waals surface area contributed by atoms with Crippen molar-refractivity contribution in [3.63, 3.8) is 0 Å². The highest BCUT2D eigenvalue weighted by Gasteiger charge is 2.13. The number of thioether (sulfide) groups is 1. The van der Waals surface area contributed by atoms with Gasteiger partial charge in [-0.05, 0) is 48.0 Å². The maximum atomic E-state index is 6.25. The van der Waals surface area contributed by atoms with Crippen LogP contribution < -0.4 is 10.2 Å². The van der Waals surface area contributed by atoms with Gasteiger partial charge in [-0.15, -0.1) is 0 Å². The van der Waals surface area contributed by atoms with Crippen LogP contribution in [0.5, 0.6) is 0 Å². The molecular weight excluding hydrogens is 483 g/mol. The van der Waals surface area contributed by atoms with Gasteiger partial charge in [0.25, 0.3) is 0 Å². The van der Waals surface area contributed by atoms with Crippen LogP contribution in [0.1, 0.15) is 5.56 Å². The molecule has 0 radical (unpaired) electrons. The first-order chi connectivity index (χ1) is 15.5. The highest BCUT2D eigenvalue weighted by molar-refractivity contribution is 7.98. The standard InChI is InChI=1S/C24H21Cl3N4S/c1-31(17-7-4-6-16(25)14-17)23-18-8-2-3-11-22(18)29-24(30-23)28-12-13-32-15-19-20(26)9-5-10-21(19)27/h2-11,14H,12-13,15H2,1H3,(H,28,29,30). The minimum atomic E-state index is 0.587. The summed E-state index contributed by atoms with van der Waals surface area (Å²) >= 11 is 20.5. The average molecular weight is 504 g/mol. The lowest BCUT2D eigenvalue weighted by Gasteiger charge is -2.21. The number of nitrogens with one attached hydrogen (secondary N) is 1. The molecule has 0 spiro atoms. The second-order valence-corrected chi connectivity index (χ2v) is 9.46. The van der Waals surface area contributed by atoms with E-state index in [9.17, 15) is 0 Å². The lowest BCUT2D eigenvalue weighted by Crippen LogP contribution is -2.15. The van der Waals surface area contributed by atoms with E-state index < -0.39 is 0 Å². The van der Waals surface area contributed by atoms with Gasteiger partial charge >= 0.3 is 0 Å². The van der Waals surface area contributed by atoms with Crippen molar-refractivity contribution in [1.82, 2.24) is 9.97 Å². The first kappa shape index (κ1) is 23.0. The van der Waals surface area contributed by atoms with Crippen molar-refractivity contribution in [1.29, 1.82) is 0 Å². The molecule has 0 aliphatic heterocycles. The smallest absolute Gasteiger partial charge is 0.225 e. The predicted octanol–water partition coefficient (Wildman–Crippen LogP) is 7.70. The summed E-state index contributed by atoms with van der Waals surface area (Å²) in [5, 5.41) is 6.40. The Morgan fingerprint density at radius 2 is 1.66 bits per heavy atom. The Hall–Kier alpha value is -2.18. The molecule has 0 aliphatic rings. The minimum absolute atomic E-state index is 0.587. The van der Waals surface area contributed by atoms with E-state index >= 15 is 0 Å². The molecular formula is C24H21Cl3N4S. The van der Waals surface area contributed by atoms with E-state index in [1.54, 1.807) is 11.8 Å². The Labute approximate surface area is 206 Å². The lowest BCUT2D eigenvalue weighted by molar-refractivity contribution is 1.07. The van der Waals surface area contributed by atoms with Gasteiger partial charge in [0.15, 0.2) is 0 Å². The van der Waals surface area contributed by atoms with Crippen LogP contribution >= 0.6 is 46.6 Å². The number of anilines is 3. The van der Waals surface area contributed by atoms with Crippen molar-refractivity contribution in [2.45, 2.75) is 5.75 Å². The van der Waals surface area contributed by atoms with Crippen LogP contribution in [0.3, 0.4) is 0 Å². The topological polar surface area (TPSA) is 41.1 Å². The van der Waals surface area contributed by atoms with Crippen molar-refractivity contribution >= 4 is 74.9 Å². The second-order valence-electron chi connectivity index (χ2n) is 7.11. The van der Waals surface area contributed by atoms with E-state index in [2.05, 4.69) is 10.3 Å². The molecule has 0 atom stereocenters. The van der Waals surface area contributed by atoms with E-state index in [0.717, 1.165) is 39.5 Å². The molecule has 0 bridgehead atoms. The van der Waals surface area contributed by atoms with Crippen LogP contribution in [0.2, 0.25) is 15.1 Å². The Balaban J connectivity index is 1.47. The zero-order chi connectivity index (χ0) is 22.5. The minimum Gasteiger partial charge on any atom is -0.353 e. The summed E-state index contributed by atoms with van der Waals surface area (Å²) in [6.07, 6.45) is 0. The highest BCUT2D eigenvalue weighted by atomic mass is 35.5. The molecule has 4 nitrogen and oxygen atoms in total. The monoisotopic (exact) mass is 502 g/mol. The zero-order valence-electron chi connectivity index (χ0n) is 17.4. The van der Waals surface area contributed by atoms with Gasteiger partial charge in [0.1, 0.15) is 5.82 Å². The number of fused-ring (bicyclic) bond motifs is 1. The molecule has 32 heavy (non-hydrogen) atoms. The van der Waals surface area contributed by atoms with Crippen molar-refractivity contribution in [3.05, 3.63) is 87.4 Å². The Morgan fingerprint density at radius 3 is 2.44 bits per heavy atom. The number of rotatable bonds is 8. The van der Waals surface area contributed by atoms with Gasteiger partial charge in [0, 0.05) is 51.2 Å². The molecule has 3 aromatic carbocycles. The van der Waals surface area contributed by atoms with E-state index in [4.69, 9.17) is 39.8 Å². The fourth-order valence-electron chi connectivity index (χ4n) is 3.28. The molecule has 0 unspecified atom stereocenters. The van der Waals surface area contributed by atoms with Gasteiger partial charge in [0.05, 0.1) is 5.52 Å². The fraction of sp³-hybridized carbons (Fsp3) is 0.167. The Bertz CT molecular complexity index is 1210. The Morgan fingerprint density at radius 1 is 0.906 bits per heavy atom. The van der Waals surface area contributed by atoms with Gasteiger partial charge in [-0.25, -0.2) is 4.98 Å². The van der Waals surface area contributed by atoms with Crippen LogP contribution in [0.15, 0.2) is 66.7 Å². The van der Waals surface area contributed by atoms with Gasteiger partial charge in [-0.1, -0.05) is 59.1 Å². The molecule has 1 heterocycles. The van der Waals surface area contributed by atoms with Gasteiger partial charge < -0.3 is 10.2 Å². The van der Waals surface area contributed by atoms with E-state index in [1.807, 2.05) is 78.7 Å². The number of aromatic nitrogens is 2. The number of hydrogen-bond donors (Lipinski definition) is 1. The summed E-state index contributed by atoms with van der Waals surface area (Å²) < 4.78 is 0. The molecule has 0 fully saturated rings. The quantitative estimate of drug-likeness (QED) is 0.249. The van der Waals surface area contributed by atoms with Crippen molar-refractivity contribution in [2.75, 3.05) is 29.6 Å². The molecule has 1 N–H and O–H groups in total. The molecule has 1 aromatic heterocycles. The predicted molar refractivity (Wildman–Crippen MR) is 140 cm³/mol. The fourth-order valence-corrected chi connectivity index (χ4v) is 5.06. The SMILES string of the molecule is CN(c1cccc(Cl)c1)c1nc(NCCSCc2c(Cl)cccc2Cl)nc2ccccc12. The summed E-state index contributed by atoms with van der Waals surface area (Å²) in [5.74, 6) is 3.01. The molecule has 164 valence electrons. The van der Waals surface area contributed by atoms with Crippen molar-refractivity contribution in [2.24, 2.45) is 0 Å². The van der Waals surface area contributed by atoms with Crippen LogP contribution in [0.4, 0.5) is 17.5 Å². The number of benzene rings is 3. The number of hydrogen-bond acceptors (Lipinski definition) is 5. The van der Waals surface area contributed by atoms with Gasteiger partial charge in [0.2, 0.25) is 5.95 Å². The third kappa shape index (κ3) is 5.41. The molecule has 4 aromatic rings. The molecule has 0 saturated carbocycles. The van der Waals surface area contributed by atoms with E-state index in [0.29, 0.717) is 27.6 Å². The maximum absolute atomic E-state index is 6.25. The van der Waals surface area contributed by atoms with E-state index in [1.165, 1.54) is 0 Å². The zero-order valence-corrected chi connectivity index (χ0v) is 20.4. The summed E-state index contributed by atoms with van der Waals surface area (Å²) in [4.78, 5) is 11.5. The normalized spacial score (nSPS) is 11.0. The molecule has 0 amide bonds. The van der Waals surface area contributed by atoms with Gasteiger partial charge in [-0.3, -0.25) is 0 Å². The first-order valence-corrected chi connectivity index (χ1v) is 12.3. The molecule has 8 heteroatoms. The van der Waals surface area contributed by atoms with Gasteiger partial charge in [-0.2, -0.15) is 16.7 Å². The summed E-state index contributed by atoms with van der Waals surface area (Å²) in [6, 6.07) is 21.3. The van der Waals surface area contributed by atoms with Crippen LogP contribution in [0.25, 0.3) is 10.9 Å². The van der Waals surface area contributed by atoms with Crippen LogP contribution in [-0.4, -0.2) is 29.3 Å². The van der Waals surface area contributed by atoms with E-state index in [-0.39, 0.29) is 0 Å². The number of nitrogens with zero attached hydrogens (tertiary/aromatic N) is 3. The van der Waals surface area contributed by atoms with Crippen LogP contribution in [-0.2, 0) is 5.75 Å². The third-order valence-corrected chi connectivity index (χ3v) is 6.86. The maximum Gasteiger partial charge on any atom is 0.225 e. The number of para-hydroxylation sites is 1. The summed E-state index contributed by atoms with van der Waals surface area (Å²) in [7, 11) is 1.98. The number of halogens is 3. The third-order valence-electron chi connectivity index (χ3n) is 4.93. The largest absolute Gasteiger partial charge is 0.353 e. The Kier molecular flexibility index (Phi) is 7.63. The van der Waals surface area contributed by atoms with Crippen molar-refractivity contribution in [3.8, 4) is 0 Å². The highest BCUT2D eigenvalue weighted by Crippen LogP contribution is 2.31. The van der Waals surface area contributed by atoms with Crippen molar-refractivity contribution < 1.29 is 0 Å². The molecule has 4 rings (SSSR count). The average Bonchev–Trinajstić information content (AvgIpc) is 2.79.